The Hall–Kier alpha value is -0.610. The summed E-state index contributed by atoms with van der Waals surface area (Å²) in [7, 11) is 0. The highest BCUT2D eigenvalue weighted by Gasteiger charge is 2.32. The lowest BCUT2D eigenvalue weighted by atomic mass is 9.78. The minimum atomic E-state index is 0.209. The van der Waals surface area contributed by atoms with Gasteiger partial charge in [0.05, 0.1) is 0 Å². The molecule has 0 amide bonds. The molecule has 0 radical (unpaired) electrons. The smallest absolute Gasteiger partial charge is 0.107 e. The van der Waals surface area contributed by atoms with Crippen molar-refractivity contribution in [1.29, 1.82) is 0 Å². The van der Waals surface area contributed by atoms with Gasteiger partial charge in [-0.1, -0.05) is 18.3 Å². The fourth-order valence-corrected chi connectivity index (χ4v) is 2.97. The lowest BCUT2D eigenvalue weighted by molar-refractivity contribution is 0.306. The molecule has 1 aliphatic carbocycles. The molecule has 2 nitrogen and oxygen atoms in total. The van der Waals surface area contributed by atoms with Crippen LogP contribution in [0.1, 0.15) is 31.7 Å². The van der Waals surface area contributed by atoms with Crippen LogP contribution in [-0.4, -0.2) is 10.5 Å². The molecule has 1 saturated carbocycles. The van der Waals surface area contributed by atoms with Gasteiger partial charge in [-0.2, -0.15) is 0 Å². The van der Waals surface area contributed by atoms with Crippen molar-refractivity contribution >= 4 is 38.8 Å². The Bertz CT molecular complexity index is 427. The zero-order valence-electron chi connectivity index (χ0n) is 9.22. The molecular weight excluding hydrogens is 284 g/mol. The maximum absolute atomic E-state index is 5.76. The molecule has 0 aromatic heterocycles. The van der Waals surface area contributed by atoms with Crippen LogP contribution in [0.25, 0.3) is 0 Å². The second-order valence-corrected chi connectivity index (χ2v) is 5.86. The Balaban J connectivity index is 2.32. The van der Waals surface area contributed by atoms with Crippen molar-refractivity contribution < 1.29 is 0 Å². The molecule has 0 saturated heterocycles. The maximum Gasteiger partial charge on any atom is 0.107 e. The summed E-state index contributed by atoms with van der Waals surface area (Å²) in [6, 6.07) is 5.99. The second kappa shape index (κ2) is 4.34. The lowest BCUT2D eigenvalue weighted by Gasteiger charge is -2.40. The van der Waals surface area contributed by atoms with E-state index >= 15 is 0 Å². The van der Waals surface area contributed by atoms with Crippen LogP contribution in [0.5, 0.6) is 0 Å². The summed E-state index contributed by atoms with van der Waals surface area (Å²) in [6.07, 6.45) is 3.70. The van der Waals surface area contributed by atoms with Gasteiger partial charge >= 0.3 is 0 Å². The van der Waals surface area contributed by atoms with Gasteiger partial charge in [0.25, 0.3) is 0 Å². The van der Waals surface area contributed by atoms with Gasteiger partial charge in [-0.25, -0.2) is 0 Å². The number of anilines is 1. The van der Waals surface area contributed by atoms with Gasteiger partial charge in [0.2, 0.25) is 0 Å². The van der Waals surface area contributed by atoms with E-state index in [-0.39, 0.29) is 5.54 Å². The van der Waals surface area contributed by atoms with E-state index in [1.54, 1.807) is 0 Å². The van der Waals surface area contributed by atoms with Crippen LogP contribution in [0.3, 0.4) is 0 Å². The molecule has 0 bridgehead atoms. The fraction of sp³-hybridized carbons (Fsp3) is 0.417. The normalized spacial score (nSPS) is 17.6. The summed E-state index contributed by atoms with van der Waals surface area (Å²) >= 11 is 8.58. The minimum absolute atomic E-state index is 0.209. The molecule has 1 fully saturated rings. The number of benzene rings is 1. The van der Waals surface area contributed by atoms with Gasteiger partial charge in [0.15, 0.2) is 0 Å². The van der Waals surface area contributed by atoms with E-state index in [1.165, 1.54) is 19.3 Å². The molecule has 0 heterocycles. The molecule has 3 N–H and O–H groups in total. The third-order valence-corrected chi connectivity index (χ3v) is 4.02. The molecule has 0 aliphatic heterocycles. The quantitative estimate of drug-likeness (QED) is 0.840. The third kappa shape index (κ3) is 2.23. The first-order valence-electron chi connectivity index (χ1n) is 5.38. The first-order chi connectivity index (χ1) is 7.52. The molecule has 1 aliphatic rings. The first kappa shape index (κ1) is 11.9. The highest BCUT2D eigenvalue weighted by Crippen LogP contribution is 2.36. The van der Waals surface area contributed by atoms with Crippen molar-refractivity contribution in [3.05, 3.63) is 28.2 Å². The summed E-state index contributed by atoms with van der Waals surface area (Å²) in [5.41, 5.74) is 7.90. The van der Waals surface area contributed by atoms with Crippen LogP contribution < -0.4 is 11.1 Å². The summed E-state index contributed by atoms with van der Waals surface area (Å²) in [6.45, 7) is 2.24. The molecule has 1 aromatic carbocycles. The molecule has 1 aromatic rings. The van der Waals surface area contributed by atoms with Crippen LogP contribution >= 0.6 is 28.1 Å². The van der Waals surface area contributed by atoms with Gasteiger partial charge < -0.3 is 11.1 Å². The average Bonchev–Trinajstić information content (AvgIpc) is 2.14. The van der Waals surface area contributed by atoms with E-state index in [0.717, 1.165) is 15.7 Å². The summed E-state index contributed by atoms with van der Waals surface area (Å²) in [4.78, 5) is 0.429. The van der Waals surface area contributed by atoms with Gasteiger partial charge in [0.1, 0.15) is 4.99 Å². The molecule has 16 heavy (non-hydrogen) atoms. The van der Waals surface area contributed by atoms with Gasteiger partial charge in [-0.15, -0.1) is 0 Å². The van der Waals surface area contributed by atoms with Crippen molar-refractivity contribution in [3.8, 4) is 0 Å². The molecular formula is C12H15BrN2S. The van der Waals surface area contributed by atoms with Gasteiger partial charge in [-0.05, 0) is 54.2 Å². The number of nitrogens with one attached hydrogen (secondary N) is 1. The lowest BCUT2D eigenvalue weighted by Crippen LogP contribution is -2.42. The highest BCUT2D eigenvalue weighted by atomic mass is 79.9. The Morgan fingerprint density at radius 2 is 2.19 bits per heavy atom. The number of halogens is 1. The summed E-state index contributed by atoms with van der Waals surface area (Å²) in [5.74, 6) is 0. The van der Waals surface area contributed by atoms with Crippen molar-refractivity contribution in [2.24, 2.45) is 5.73 Å². The van der Waals surface area contributed by atoms with Crippen LogP contribution in [0.2, 0.25) is 0 Å². The van der Waals surface area contributed by atoms with Crippen LogP contribution in [-0.2, 0) is 0 Å². The number of hydrogen-bond acceptors (Lipinski definition) is 2. The topological polar surface area (TPSA) is 38.0 Å². The van der Waals surface area contributed by atoms with Crippen molar-refractivity contribution in [1.82, 2.24) is 0 Å². The molecule has 4 heteroatoms. The molecule has 86 valence electrons. The standard InChI is InChI=1S/C12H15BrN2S/c1-12(6-3-7-12)15-9-5-2-4-8(13)10(9)11(14)16/h2,4-5,15H,3,6-7H2,1H3,(H2,14,16). The van der Waals surface area contributed by atoms with E-state index in [1.807, 2.05) is 18.2 Å². The monoisotopic (exact) mass is 298 g/mol. The van der Waals surface area contributed by atoms with Crippen molar-refractivity contribution in [3.63, 3.8) is 0 Å². The third-order valence-electron chi connectivity index (χ3n) is 3.15. The SMILES string of the molecule is CC1(Nc2cccc(Br)c2C(N)=S)CCC1. The molecule has 0 unspecified atom stereocenters. The maximum atomic E-state index is 5.76. The largest absolute Gasteiger partial charge is 0.389 e. The Morgan fingerprint density at radius 3 is 2.69 bits per heavy atom. The van der Waals surface area contributed by atoms with E-state index in [2.05, 4.69) is 28.2 Å². The Morgan fingerprint density at radius 1 is 1.50 bits per heavy atom. The van der Waals surface area contributed by atoms with Crippen molar-refractivity contribution in [2.45, 2.75) is 31.7 Å². The zero-order chi connectivity index (χ0) is 11.8. The van der Waals surface area contributed by atoms with Crippen LogP contribution in [0.4, 0.5) is 5.69 Å². The van der Waals surface area contributed by atoms with E-state index in [0.29, 0.717) is 4.99 Å². The van der Waals surface area contributed by atoms with Crippen LogP contribution in [0, 0.1) is 0 Å². The molecule has 2 rings (SSSR count). The minimum Gasteiger partial charge on any atom is -0.389 e. The predicted molar refractivity (Wildman–Crippen MR) is 75.9 cm³/mol. The Kier molecular flexibility index (Phi) is 3.22. The number of rotatable bonds is 3. The first-order valence-corrected chi connectivity index (χ1v) is 6.58. The van der Waals surface area contributed by atoms with Gasteiger partial charge in [0, 0.05) is 21.3 Å². The number of thiocarbonyl (C=S) groups is 1. The highest BCUT2D eigenvalue weighted by molar-refractivity contribution is 9.10. The average molecular weight is 299 g/mol. The van der Waals surface area contributed by atoms with E-state index in [9.17, 15) is 0 Å². The summed E-state index contributed by atoms with van der Waals surface area (Å²) in [5, 5.41) is 3.55. The molecule has 0 spiro atoms. The Labute approximate surface area is 110 Å². The van der Waals surface area contributed by atoms with E-state index in [4.69, 9.17) is 18.0 Å². The fourth-order valence-electron chi connectivity index (χ4n) is 2.04. The summed E-state index contributed by atoms with van der Waals surface area (Å²) < 4.78 is 0.952. The second-order valence-electron chi connectivity index (χ2n) is 4.57. The molecule has 0 atom stereocenters. The van der Waals surface area contributed by atoms with Gasteiger partial charge in [-0.3, -0.25) is 0 Å². The zero-order valence-corrected chi connectivity index (χ0v) is 11.6. The number of hydrogen-bond donors (Lipinski definition) is 2. The number of nitrogens with two attached hydrogens (primary N) is 1. The van der Waals surface area contributed by atoms with E-state index < -0.39 is 0 Å². The predicted octanol–water partition coefficient (Wildman–Crippen LogP) is 3.44. The van der Waals surface area contributed by atoms with Crippen molar-refractivity contribution in [2.75, 3.05) is 5.32 Å². The van der Waals surface area contributed by atoms with Crippen LogP contribution in [0.15, 0.2) is 22.7 Å².